The number of rotatable bonds is 4. The van der Waals surface area contributed by atoms with Crippen LogP contribution in [0.2, 0.25) is 0 Å². The fourth-order valence-electron chi connectivity index (χ4n) is 1.74. The molecule has 0 saturated heterocycles. The Labute approximate surface area is 110 Å². The van der Waals surface area contributed by atoms with Crippen molar-refractivity contribution in [1.82, 2.24) is 9.55 Å². The molecule has 0 aliphatic heterocycles. The van der Waals surface area contributed by atoms with Gasteiger partial charge in [0.2, 0.25) is 0 Å². The largest absolute Gasteiger partial charge is 0.321 e. The van der Waals surface area contributed by atoms with Gasteiger partial charge in [-0.3, -0.25) is 4.79 Å². The lowest BCUT2D eigenvalue weighted by Gasteiger charge is -2.03. The molecule has 2 aromatic rings. The second-order valence-electron chi connectivity index (χ2n) is 3.90. The molecule has 92 valence electrons. The van der Waals surface area contributed by atoms with E-state index in [0.717, 1.165) is 0 Å². The van der Waals surface area contributed by atoms with E-state index < -0.39 is 0 Å². The molecule has 0 atom stereocenters. The SMILES string of the molecule is N#Cc1ncn(CCC(=O)c2ccccc2)c1C#N. The van der Waals surface area contributed by atoms with Gasteiger partial charge in [0.1, 0.15) is 12.1 Å². The minimum atomic E-state index is -0.00306. The third-order valence-electron chi connectivity index (χ3n) is 2.73. The lowest BCUT2D eigenvalue weighted by molar-refractivity contribution is 0.0977. The van der Waals surface area contributed by atoms with Crippen molar-refractivity contribution in [3.05, 3.63) is 53.6 Å². The molecule has 0 unspecified atom stereocenters. The first-order chi connectivity index (χ1) is 9.26. The average molecular weight is 250 g/mol. The summed E-state index contributed by atoms with van der Waals surface area (Å²) >= 11 is 0. The topological polar surface area (TPSA) is 82.5 Å². The molecule has 0 spiro atoms. The Kier molecular flexibility index (Phi) is 3.70. The molecule has 5 heteroatoms. The first-order valence-corrected chi connectivity index (χ1v) is 5.70. The normalized spacial score (nSPS) is 9.58. The van der Waals surface area contributed by atoms with E-state index in [4.69, 9.17) is 10.5 Å². The van der Waals surface area contributed by atoms with Crippen molar-refractivity contribution in [1.29, 1.82) is 10.5 Å². The number of nitriles is 2. The molecule has 2 rings (SSSR count). The number of imidazole rings is 1. The van der Waals surface area contributed by atoms with Crippen molar-refractivity contribution in [2.75, 3.05) is 0 Å². The van der Waals surface area contributed by atoms with Crippen LogP contribution in [0.1, 0.15) is 28.2 Å². The van der Waals surface area contributed by atoms with Gasteiger partial charge >= 0.3 is 0 Å². The standard InChI is InChI=1S/C14H10N4O/c15-8-12-13(9-16)18(10-17-12)7-6-14(19)11-4-2-1-3-5-11/h1-5,10H,6-7H2. The van der Waals surface area contributed by atoms with Gasteiger partial charge in [0.15, 0.2) is 17.2 Å². The Bertz CT molecular complexity index is 674. The zero-order valence-corrected chi connectivity index (χ0v) is 10.1. The number of ketones is 1. The summed E-state index contributed by atoms with van der Waals surface area (Å²) < 4.78 is 1.53. The number of Topliss-reactive ketones (excluding diaryl/α,β-unsaturated/α-hetero) is 1. The van der Waals surface area contributed by atoms with Gasteiger partial charge in [-0.25, -0.2) is 4.98 Å². The maximum atomic E-state index is 11.9. The average Bonchev–Trinajstić information content (AvgIpc) is 2.87. The minimum absolute atomic E-state index is 0.00306. The zero-order chi connectivity index (χ0) is 13.7. The van der Waals surface area contributed by atoms with Crippen molar-refractivity contribution in [2.24, 2.45) is 0 Å². The van der Waals surface area contributed by atoms with Gasteiger partial charge in [0.05, 0.1) is 6.33 Å². The molecule has 1 aromatic carbocycles. The summed E-state index contributed by atoms with van der Waals surface area (Å²) in [6, 6.07) is 12.7. The fraction of sp³-hybridized carbons (Fsp3) is 0.143. The van der Waals surface area contributed by atoms with Crippen molar-refractivity contribution < 1.29 is 4.79 Å². The number of nitrogens with zero attached hydrogens (tertiary/aromatic N) is 4. The quantitative estimate of drug-likeness (QED) is 0.776. The van der Waals surface area contributed by atoms with Crippen molar-refractivity contribution >= 4 is 5.78 Å². The molecule has 0 radical (unpaired) electrons. The lowest BCUT2D eigenvalue weighted by atomic mass is 10.1. The van der Waals surface area contributed by atoms with Crippen LogP contribution in [0.3, 0.4) is 0 Å². The van der Waals surface area contributed by atoms with Crippen LogP contribution >= 0.6 is 0 Å². The Morgan fingerprint density at radius 1 is 1.21 bits per heavy atom. The highest BCUT2D eigenvalue weighted by Gasteiger charge is 2.11. The van der Waals surface area contributed by atoms with E-state index >= 15 is 0 Å². The summed E-state index contributed by atoms with van der Waals surface area (Å²) in [6.45, 7) is 0.339. The van der Waals surface area contributed by atoms with Crippen LogP contribution in [0.4, 0.5) is 0 Å². The van der Waals surface area contributed by atoms with Gasteiger partial charge in [-0.2, -0.15) is 10.5 Å². The number of aromatic nitrogens is 2. The van der Waals surface area contributed by atoms with Crippen LogP contribution in [0.25, 0.3) is 0 Å². The lowest BCUT2D eigenvalue weighted by Crippen LogP contribution is -2.07. The number of hydrogen-bond acceptors (Lipinski definition) is 4. The number of hydrogen-bond donors (Lipinski definition) is 0. The predicted molar refractivity (Wildman–Crippen MR) is 67.0 cm³/mol. The highest BCUT2D eigenvalue weighted by molar-refractivity contribution is 5.95. The molecule has 0 bridgehead atoms. The second kappa shape index (κ2) is 5.61. The Morgan fingerprint density at radius 2 is 1.95 bits per heavy atom. The van der Waals surface area contributed by atoms with E-state index in [1.54, 1.807) is 24.3 Å². The zero-order valence-electron chi connectivity index (χ0n) is 10.1. The maximum absolute atomic E-state index is 11.9. The summed E-state index contributed by atoms with van der Waals surface area (Å²) in [4.78, 5) is 15.7. The van der Waals surface area contributed by atoms with Gasteiger partial charge in [0.25, 0.3) is 0 Å². The van der Waals surface area contributed by atoms with Crippen LogP contribution in [0.5, 0.6) is 0 Å². The van der Waals surface area contributed by atoms with Crippen LogP contribution < -0.4 is 0 Å². The maximum Gasteiger partial charge on any atom is 0.176 e. The minimum Gasteiger partial charge on any atom is -0.321 e. The molecule has 0 saturated carbocycles. The molecule has 19 heavy (non-hydrogen) atoms. The third kappa shape index (κ3) is 2.67. The van der Waals surface area contributed by atoms with Crippen LogP contribution in [0.15, 0.2) is 36.7 Å². The van der Waals surface area contributed by atoms with Crippen LogP contribution in [-0.2, 0) is 6.54 Å². The number of benzene rings is 1. The monoisotopic (exact) mass is 250 g/mol. The van der Waals surface area contributed by atoms with Crippen LogP contribution in [-0.4, -0.2) is 15.3 Å². The van der Waals surface area contributed by atoms with E-state index in [1.165, 1.54) is 10.9 Å². The fourth-order valence-corrected chi connectivity index (χ4v) is 1.74. The van der Waals surface area contributed by atoms with Crippen LogP contribution in [0, 0.1) is 22.7 Å². The predicted octanol–water partition coefficient (Wildman–Crippen LogP) is 1.90. The van der Waals surface area contributed by atoms with Gasteiger partial charge < -0.3 is 4.57 Å². The first kappa shape index (κ1) is 12.5. The van der Waals surface area contributed by atoms with Gasteiger partial charge in [0, 0.05) is 18.5 Å². The number of carbonyl (C=O) groups is 1. The van der Waals surface area contributed by atoms with E-state index in [2.05, 4.69) is 4.98 Å². The number of aryl methyl sites for hydroxylation is 1. The molecular weight excluding hydrogens is 240 g/mol. The highest BCUT2D eigenvalue weighted by atomic mass is 16.1. The van der Waals surface area contributed by atoms with E-state index in [-0.39, 0.29) is 23.6 Å². The molecule has 1 aromatic heterocycles. The summed E-state index contributed by atoms with van der Waals surface area (Å²) in [5, 5.41) is 17.7. The van der Waals surface area contributed by atoms with Gasteiger partial charge in [-0.15, -0.1) is 0 Å². The molecule has 1 heterocycles. The second-order valence-corrected chi connectivity index (χ2v) is 3.90. The Hall–Kier alpha value is -2.92. The van der Waals surface area contributed by atoms with Gasteiger partial charge in [-0.1, -0.05) is 30.3 Å². The highest BCUT2D eigenvalue weighted by Crippen LogP contribution is 2.08. The van der Waals surface area contributed by atoms with E-state index in [1.807, 2.05) is 18.2 Å². The third-order valence-corrected chi connectivity index (χ3v) is 2.73. The Morgan fingerprint density at radius 3 is 2.58 bits per heavy atom. The molecule has 0 N–H and O–H groups in total. The van der Waals surface area contributed by atoms with Gasteiger partial charge in [-0.05, 0) is 0 Å². The van der Waals surface area contributed by atoms with Crippen molar-refractivity contribution in [2.45, 2.75) is 13.0 Å². The Balaban J connectivity index is 2.08. The summed E-state index contributed by atoms with van der Waals surface area (Å²) in [7, 11) is 0. The number of carbonyl (C=O) groups excluding carboxylic acids is 1. The summed E-state index contributed by atoms with van der Waals surface area (Å²) in [5.41, 5.74) is 0.930. The summed E-state index contributed by atoms with van der Waals surface area (Å²) in [6.07, 6.45) is 1.68. The van der Waals surface area contributed by atoms with Crippen molar-refractivity contribution in [3.8, 4) is 12.1 Å². The molecule has 0 amide bonds. The molecule has 5 nitrogen and oxygen atoms in total. The molecular formula is C14H10N4O. The van der Waals surface area contributed by atoms with E-state index in [9.17, 15) is 4.79 Å². The first-order valence-electron chi connectivity index (χ1n) is 5.70. The van der Waals surface area contributed by atoms with Crippen molar-refractivity contribution in [3.63, 3.8) is 0 Å². The molecule has 0 aliphatic rings. The summed E-state index contributed by atoms with van der Waals surface area (Å²) in [5.74, 6) is -0.00306. The molecule has 0 fully saturated rings. The van der Waals surface area contributed by atoms with E-state index in [0.29, 0.717) is 12.1 Å². The molecule has 0 aliphatic carbocycles. The smallest absolute Gasteiger partial charge is 0.176 e.